The van der Waals surface area contributed by atoms with Crippen molar-refractivity contribution in [3.05, 3.63) is 43.7 Å². The van der Waals surface area contributed by atoms with Crippen LogP contribution in [0.2, 0.25) is 5.02 Å². The fourth-order valence-corrected chi connectivity index (χ4v) is 3.28. The maximum absolute atomic E-state index is 12.7. The number of nitrogens with one attached hydrogen (secondary N) is 1. The number of aryl methyl sites for hydroxylation is 2. The molecule has 2 aromatic rings. The smallest absolute Gasteiger partial charge is 0.340 e. The molecule has 1 N–H and O–H groups in total. The Morgan fingerprint density at radius 2 is 1.53 bits per heavy atom. The number of carbonyl (C=O) groups is 2. The first kappa shape index (κ1) is 26.8. The number of unbranched alkanes of at least 4 members (excludes halogenated alkanes) is 1. The molecule has 0 bridgehead atoms. The Balaban J connectivity index is 0.000000310. The molecule has 1 unspecified atom stereocenters. The molecule has 14 heteroatoms. The van der Waals surface area contributed by atoms with Crippen molar-refractivity contribution in [1.29, 1.82) is 0 Å². The predicted octanol–water partition coefficient (Wildman–Crippen LogP) is 0.471. The van der Waals surface area contributed by atoms with Crippen molar-refractivity contribution >= 4 is 23.5 Å². The molecule has 0 radical (unpaired) electrons. The van der Waals surface area contributed by atoms with Gasteiger partial charge in [-0.25, -0.2) is 19.6 Å². The van der Waals surface area contributed by atoms with Crippen molar-refractivity contribution in [2.75, 3.05) is 27.8 Å². The van der Waals surface area contributed by atoms with Gasteiger partial charge < -0.3 is 9.47 Å². The van der Waals surface area contributed by atoms with Gasteiger partial charge in [0.1, 0.15) is 11.1 Å². The highest BCUT2D eigenvalue weighted by molar-refractivity contribution is 6.31. The quantitative estimate of drug-likeness (QED) is 0.602. The minimum absolute atomic E-state index is 0.0338. The van der Waals surface area contributed by atoms with Crippen LogP contribution in [0.15, 0.2) is 22.0 Å². The van der Waals surface area contributed by atoms with Gasteiger partial charge in [0, 0.05) is 33.3 Å². The third-order valence-electron chi connectivity index (χ3n) is 4.98. The van der Waals surface area contributed by atoms with Crippen LogP contribution in [0.5, 0.6) is 11.5 Å². The molecule has 3 amide bonds. The van der Waals surface area contributed by atoms with E-state index >= 15 is 0 Å². The summed E-state index contributed by atoms with van der Waals surface area (Å²) in [5.74, 6) is -0.259. The van der Waals surface area contributed by atoms with E-state index in [9.17, 15) is 19.2 Å². The van der Waals surface area contributed by atoms with Gasteiger partial charge in [-0.2, -0.15) is 10.2 Å². The van der Waals surface area contributed by atoms with Gasteiger partial charge in [0.05, 0.1) is 26.6 Å². The molecule has 186 valence electrons. The van der Waals surface area contributed by atoms with Crippen LogP contribution in [0.25, 0.3) is 0 Å². The molecule has 1 atom stereocenters. The number of urea groups is 1. The molecule has 3 heterocycles. The second-order valence-corrected chi connectivity index (χ2v) is 7.67. The summed E-state index contributed by atoms with van der Waals surface area (Å²) < 4.78 is 12.2. The SMILES string of the molecule is CCCCN1C(=O)C(c2cnn(C)c(=O)c2OC)NN(C)C1=O.COc1c(Cl)cnn(C)c1=O. The Labute approximate surface area is 200 Å². The zero-order valence-corrected chi connectivity index (χ0v) is 20.6. The molecule has 1 aliphatic heterocycles. The lowest BCUT2D eigenvalue weighted by Crippen LogP contribution is -2.60. The maximum atomic E-state index is 12.7. The first-order valence-electron chi connectivity index (χ1n) is 10.3. The summed E-state index contributed by atoms with van der Waals surface area (Å²) in [7, 11) is 7.30. The minimum Gasteiger partial charge on any atom is -0.491 e. The van der Waals surface area contributed by atoms with Crippen molar-refractivity contribution in [2.45, 2.75) is 25.8 Å². The summed E-state index contributed by atoms with van der Waals surface area (Å²) in [4.78, 5) is 49.2. The summed E-state index contributed by atoms with van der Waals surface area (Å²) >= 11 is 5.60. The molecule has 34 heavy (non-hydrogen) atoms. The summed E-state index contributed by atoms with van der Waals surface area (Å²) in [6.45, 7) is 2.31. The average molecular weight is 498 g/mol. The van der Waals surface area contributed by atoms with Gasteiger partial charge >= 0.3 is 17.1 Å². The highest BCUT2D eigenvalue weighted by atomic mass is 35.5. The number of carbonyl (C=O) groups excluding carboxylic acids is 2. The topological polar surface area (TPSA) is 141 Å². The predicted molar refractivity (Wildman–Crippen MR) is 123 cm³/mol. The Morgan fingerprint density at radius 1 is 0.971 bits per heavy atom. The van der Waals surface area contributed by atoms with Gasteiger partial charge in [0.2, 0.25) is 5.75 Å². The van der Waals surface area contributed by atoms with Gasteiger partial charge in [-0.15, -0.1) is 0 Å². The number of methoxy groups -OCH3 is 2. The van der Waals surface area contributed by atoms with Crippen LogP contribution < -0.4 is 26.0 Å². The van der Waals surface area contributed by atoms with E-state index in [1.54, 1.807) is 0 Å². The standard InChI is InChI=1S/C14H21N5O4.C6H7ClN2O2/c1-5-6-7-19-12(20)10(16-18(3)14(19)22)9-8-15-17(2)13(21)11(9)23-4;1-9-6(10)5(11-2)4(7)3-8-9/h8,10,16H,5-7H2,1-4H3;3H,1-2H3. The fraction of sp³-hybridized carbons (Fsp3) is 0.500. The zero-order chi connectivity index (χ0) is 25.6. The number of imide groups is 1. The van der Waals surface area contributed by atoms with Crippen LogP contribution >= 0.6 is 11.6 Å². The first-order valence-corrected chi connectivity index (χ1v) is 10.7. The molecule has 3 rings (SSSR count). The van der Waals surface area contributed by atoms with E-state index in [1.165, 1.54) is 57.7 Å². The van der Waals surface area contributed by atoms with Crippen molar-refractivity contribution in [1.82, 2.24) is 34.9 Å². The van der Waals surface area contributed by atoms with Crippen molar-refractivity contribution in [2.24, 2.45) is 14.1 Å². The molecule has 2 aromatic heterocycles. The number of hydrogen-bond donors (Lipinski definition) is 1. The number of hydrazine groups is 1. The Bertz CT molecular complexity index is 1170. The monoisotopic (exact) mass is 497 g/mol. The highest BCUT2D eigenvalue weighted by Gasteiger charge is 2.39. The van der Waals surface area contributed by atoms with Crippen molar-refractivity contribution in [3.63, 3.8) is 0 Å². The average Bonchev–Trinajstić information content (AvgIpc) is 2.81. The first-order chi connectivity index (χ1) is 16.1. The Kier molecular flexibility index (Phi) is 9.15. The van der Waals surface area contributed by atoms with Crippen LogP contribution in [0.4, 0.5) is 4.79 Å². The lowest BCUT2D eigenvalue weighted by Gasteiger charge is -2.37. The number of hydrogen-bond acceptors (Lipinski definition) is 9. The molecule has 1 aliphatic rings. The molecule has 1 fully saturated rings. The number of nitrogens with zero attached hydrogens (tertiary/aromatic N) is 6. The summed E-state index contributed by atoms with van der Waals surface area (Å²) in [5, 5.41) is 9.08. The number of halogens is 1. The van der Waals surface area contributed by atoms with Crippen LogP contribution in [0.1, 0.15) is 31.4 Å². The van der Waals surface area contributed by atoms with E-state index in [0.717, 1.165) is 15.8 Å². The zero-order valence-electron chi connectivity index (χ0n) is 19.9. The van der Waals surface area contributed by atoms with Crippen LogP contribution in [0.3, 0.4) is 0 Å². The van der Waals surface area contributed by atoms with Gasteiger partial charge in [0.25, 0.3) is 5.91 Å². The highest BCUT2D eigenvalue weighted by Crippen LogP contribution is 2.26. The largest absolute Gasteiger partial charge is 0.491 e. The van der Waals surface area contributed by atoms with Gasteiger partial charge in [-0.05, 0) is 6.42 Å². The minimum atomic E-state index is -0.897. The molecular formula is C20H28ClN7O6. The van der Waals surface area contributed by atoms with Crippen LogP contribution in [-0.2, 0) is 18.9 Å². The normalized spacial score (nSPS) is 15.7. The number of aromatic nitrogens is 4. The third kappa shape index (κ3) is 5.54. The van der Waals surface area contributed by atoms with Crippen LogP contribution in [-0.4, -0.2) is 69.2 Å². The Hall–Kier alpha value is -3.45. The number of rotatable bonds is 6. The molecule has 0 spiro atoms. The van der Waals surface area contributed by atoms with E-state index in [1.807, 2.05) is 6.92 Å². The van der Waals surface area contributed by atoms with E-state index < -0.39 is 23.5 Å². The van der Waals surface area contributed by atoms with Crippen molar-refractivity contribution < 1.29 is 19.1 Å². The summed E-state index contributed by atoms with van der Waals surface area (Å²) in [5.41, 5.74) is 2.31. The number of amides is 3. The second kappa shape index (κ2) is 11.6. The summed E-state index contributed by atoms with van der Waals surface area (Å²) in [6.07, 6.45) is 4.33. The van der Waals surface area contributed by atoms with E-state index in [-0.39, 0.29) is 22.1 Å². The molecule has 0 saturated carbocycles. The number of ether oxygens (including phenoxy) is 2. The summed E-state index contributed by atoms with van der Waals surface area (Å²) in [6, 6.07) is -1.32. The molecule has 0 aromatic carbocycles. The van der Waals surface area contributed by atoms with E-state index in [4.69, 9.17) is 21.1 Å². The molecular weight excluding hydrogens is 470 g/mol. The third-order valence-corrected chi connectivity index (χ3v) is 5.25. The van der Waals surface area contributed by atoms with Gasteiger partial charge in [-0.1, -0.05) is 24.9 Å². The second-order valence-electron chi connectivity index (χ2n) is 7.26. The molecule has 0 aliphatic carbocycles. The maximum Gasteiger partial charge on any atom is 0.340 e. The van der Waals surface area contributed by atoms with Gasteiger partial charge in [-0.3, -0.25) is 24.3 Å². The van der Waals surface area contributed by atoms with Crippen LogP contribution in [0, 0.1) is 0 Å². The lowest BCUT2D eigenvalue weighted by atomic mass is 10.1. The van der Waals surface area contributed by atoms with E-state index in [0.29, 0.717) is 18.5 Å². The Morgan fingerprint density at radius 3 is 2.06 bits per heavy atom. The fourth-order valence-electron chi connectivity index (χ4n) is 3.08. The lowest BCUT2D eigenvalue weighted by molar-refractivity contribution is -0.135. The van der Waals surface area contributed by atoms with Crippen molar-refractivity contribution in [3.8, 4) is 11.5 Å². The van der Waals surface area contributed by atoms with Gasteiger partial charge in [0.15, 0.2) is 5.75 Å². The molecule has 13 nitrogen and oxygen atoms in total. The molecule has 1 saturated heterocycles. The van der Waals surface area contributed by atoms with E-state index in [2.05, 4.69) is 15.6 Å².